The van der Waals surface area contributed by atoms with Gasteiger partial charge in [0.05, 0.1) is 25.5 Å². The molecule has 144 valence electrons. The number of amides is 1. The van der Waals surface area contributed by atoms with Crippen LogP contribution in [0.2, 0.25) is 0 Å². The van der Waals surface area contributed by atoms with Crippen LogP contribution >= 0.6 is 0 Å². The molecule has 0 fully saturated rings. The lowest BCUT2D eigenvalue weighted by Gasteiger charge is -2.14. The maximum Gasteiger partial charge on any atom is 0.271 e. The minimum absolute atomic E-state index is 0.103. The Balaban J connectivity index is 1.52. The summed E-state index contributed by atoms with van der Waals surface area (Å²) < 4.78 is 5.35. The first-order chi connectivity index (χ1) is 13.7. The number of nitrogens with zero attached hydrogens (tertiary/aromatic N) is 2. The van der Waals surface area contributed by atoms with Gasteiger partial charge in [0.25, 0.3) is 5.91 Å². The van der Waals surface area contributed by atoms with Gasteiger partial charge in [0.2, 0.25) is 0 Å². The summed E-state index contributed by atoms with van der Waals surface area (Å²) in [5.74, 6) is 1.25. The van der Waals surface area contributed by atoms with E-state index in [0.717, 1.165) is 23.3 Å². The summed E-state index contributed by atoms with van der Waals surface area (Å²) in [7, 11) is 1.67. The Hall–Kier alpha value is -3.41. The zero-order valence-electron chi connectivity index (χ0n) is 16.1. The third-order valence-electron chi connectivity index (χ3n) is 4.42. The molecule has 0 saturated heterocycles. The van der Waals surface area contributed by atoms with Crippen LogP contribution in [0, 0.1) is 0 Å². The quantitative estimate of drug-likeness (QED) is 0.628. The Kier molecular flexibility index (Phi) is 6.57. The van der Waals surface area contributed by atoms with Crippen LogP contribution in [0.15, 0.2) is 67.0 Å². The average molecular weight is 376 g/mol. The Morgan fingerprint density at radius 2 is 1.79 bits per heavy atom. The summed E-state index contributed by atoms with van der Waals surface area (Å²) in [6, 6.07) is 17.6. The third kappa shape index (κ3) is 5.07. The van der Waals surface area contributed by atoms with E-state index in [9.17, 15) is 4.79 Å². The number of hydrogen-bond donors (Lipinski definition) is 2. The van der Waals surface area contributed by atoms with E-state index in [0.29, 0.717) is 12.4 Å². The van der Waals surface area contributed by atoms with Crippen molar-refractivity contribution in [2.45, 2.75) is 19.4 Å². The molecule has 0 aliphatic heterocycles. The zero-order valence-corrected chi connectivity index (χ0v) is 16.1. The molecule has 3 aromatic rings. The maximum atomic E-state index is 12.4. The van der Waals surface area contributed by atoms with Gasteiger partial charge in [-0.1, -0.05) is 48.5 Å². The number of methoxy groups -OCH3 is 1. The number of carbonyl (C=O) groups is 1. The zero-order chi connectivity index (χ0) is 19.8. The highest BCUT2D eigenvalue weighted by atomic mass is 16.5. The molecule has 1 heterocycles. The van der Waals surface area contributed by atoms with E-state index in [2.05, 4.69) is 20.6 Å². The van der Waals surface area contributed by atoms with E-state index in [1.165, 1.54) is 6.20 Å². The Bertz CT molecular complexity index is 898. The second-order valence-corrected chi connectivity index (χ2v) is 6.38. The molecule has 0 bridgehead atoms. The van der Waals surface area contributed by atoms with E-state index < -0.39 is 0 Å². The fourth-order valence-electron chi connectivity index (χ4n) is 2.87. The van der Waals surface area contributed by atoms with Crippen molar-refractivity contribution in [3.63, 3.8) is 0 Å². The normalized spacial score (nSPS) is 11.5. The first-order valence-electron chi connectivity index (χ1n) is 9.21. The van der Waals surface area contributed by atoms with Crippen LogP contribution in [-0.2, 0) is 6.42 Å². The number of ether oxygens (including phenoxy) is 1. The lowest BCUT2D eigenvalue weighted by atomic mass is 10.1. The number of hydrogen-bond acceptors (Lipinski definition) is 5. The first-order valence-corrected chi connectivity index (χ1v) is 9.21. The van der Waals surface area contributed by atoms with E-state index in [4.69, 9.17) is 4.74 Å². The van der Waals surface area contributed by atoms with Gasteiger partial charge in [-0.25, -0.2) is 9.97 Å². The van der Waals surface area contributed by atoms with Crippen LogP contribution in [0.3, 0.4) is 0 Å². The summed E-state index contributed by atoms with van der Waals surface area (Å²) in [5.41, 5.74) is 2.45. The van der Waals surface area contributed by atoms with Crippen molar-refractivity contribution in [1.29, 1.82) is 0 Å². The molecule has 0 radical (unpaired) electrons. The van der Waals surface area contributed by atoms with E-state index in [1.807, 2.05) is 61.5 Å². The molecule has 6 heteroatoms. The van der Waals surface area contributed by atoms with Crippen molar-refractivity contribution >= 4 is 11.7 Å². The smallest absolute Gasteiger partial charge is 0.271 e. The number of aromatic nitrogens is 2. The molecule has 0 spiro atoms. The number of carbonyl (C=O) groups excluding carboxylic acids is 1. The second kappa shape index (κ2) is 9.50. The van der Waals surface area contributed by atoms with Crippen molar-refractivity contribution in [2.75, 3.05) is 19.0 Å². The minimum Gasteiger partial charge on any atom is -0.496 e. The summed E-state index contributed by atoms with van der Waals surface area (Å²) in [4.78, 5) is 20.9. The number of rotatable bonds is 8. The van der Waals surface area contributed by atoms with Crippen LogP contribution in [0.4, 0.5) is 5.82 Å². The van der Waals surface area contributed by atoms with Crippen molar-refractivity contribution in [1.82, 2.24) is 15.3 Å². The monoisotopic (exact) mass is 376 g/mol. The highest BCUT2D eigenvalue weighted by molar-refractivity contribution is 5.92. The molecule has 0 aliphatic carbocycles. The van der Waals surface area contributed by atoms with Gasteiger partial charge in [-0.2, -0.15) is 0 Å². The predicted octanol–water partition coefficient (Wildman–Crippen LogP) is 3.63. The average Bonchev–Trinajstić information content (AvgIpc) is 2.75. The second-order valence-electron chi connectivity index (χ2n) is 6.38. The predicted molar refractivity (Wildman–Crippen MR) is 110 cm³/mol. The Morgan fingerprint density at radius 3 is 2.50 bits per heavy atom. The van der Waals surface area contributed by atoms with Gasteiger partial charge in [0, 0.05) is 6.54 Å². The number of para-hydroxylation sites is 1. The lowest BCUT2D eigenvalue weighted by Crippen LogP contribution is -2.27. The molecule has 1 amide bonds. The molecule has 1 aromatic heterocycles. The molecule has 28 heavy (non-hydrogen) atoms. The molecule has 6 nitrogen and oxygen atoms in total. The lowest BCUT2D eigenvalue weighted by molar-refractivity contribution is 0.0934. The van der Waals surface area contributed by atoms with E-state index >= 15 is 0 Å². The summed E-state index contributed by atoms with van der Waals surface area (Å²) in [6.07, 6.45) is 3.85. The van der Waals surface area contributed by atoms with Crippen molar-refractivity contribution in [3.05, 3.63) is 83.8 Å². The topological polar surface area (TPSA) is 76.1 Å². The van der Waals surface area contributed by atoms with Crippen molar-refractivity contribution < 1.29 is 9.53 Å². The van der Waals surface area contributed by atoms with Crippen LogP contribution in [-0.4, -0.2) is 29.5 Å². The molecular weight excluding hydrogens is 352 g/mol. The molecular formula is C22H24N4O2. The number of anilines is 1. The highest BCUT2D eigenvalue weighted by Gasteiger charge is 2.13. The maximum absolute atomic E-state index is 12.4. The molecule has 1 atom stereocenters. The fraction of sp³-hybridized carbons (Fsp3) is 0.227. The van der Waals surface area contributed by atoms with Crippen LogP contribution in [0.5, 0.6) is 5.75 Å². The van der Waals surface area contributed by atoms with E-state index in [-0.39, 0.29) is 17.6 Å². The fourth-order valence-corrected chi connectivity index (χ4v) is 2.87. The van der Waals surface area contributed by atoms with Gasteiger partial charge < -0.3 is 15.4 Å². The highest BCUT2D eigenvalue weighted by Crippen LogP contribution is 2.17. The third-order valence-corrected chi connectivity index (χ3v) is 4.42. The SMILES string of the molecule is COc1ccccc1CCNc1cnc(C(=O)NC(C)c2ccccc2)cn1. The van der Waals surface area contributed by atoms with Gasteiger partial charge >= 0.3 is 0 Å². The molecule has 0 aliphatic rings. The van der Waals surface area contributed by atoms with Gasteiger partial charge in [-0.15, -0.1) is 0 Å². The largest absolute Gasteiger partial charge is 0.496 e. The Morgan fingerprint density at radius 1 is 1.04 bits per heavy atom. The van der Waals surface area contributed by atoms with Gasteiger partial charge in [0.15, 0.2) is 0 Å². The van der Waals surface area contributed by atoms with Gasteiger partial charge in [0.1, 0.15) is 17.3 Å². The van der Waals surface area contributed by atoms with E-state index in [1.54, 1.807) is 13.3 Å². The van der Waals surface area contributed by atoms with Crippen LogP contribution in [0.25, 0.3) is 0 Å². The van der Waals surface area contributed by atoms with Gasteiger partial charge in [-0.05, 0) is 30.5 Å². The van der Waals surface area contributed by atoms with Crippen LogP contribution < -0.4 is 15.4 Å². The standard InChI is InChI=1S/C22H24N4O2/c1-16(17-8-4-3-5-9-17)26-22(27)19-14-25-21(15-24-19)23-13-12-18-10-6-7-11-20(18)28-2/h3-11,14-16H,12-13H2,1-2H3,(H,23,25)(H,26,27). The summed E-state index contributed by atoms with van der Waals surface area (Å²) in [5, 5.41) is 6.15. The van der Waals surface area contributed by atoms with Crippen LogP contribution in [0.1, 0.15) is 34.6 Å². The summed E-state index contributed by atoms with van der Waals surface area (Å²) >= 11 is 0. The molecule has 2 aromatic carbocycles. The first kappa shape index (κ1) is 19.4. The molecule has 0 saturated carbocycles. The Labute approximate surface area is 165 Å². The molecule has 3 rings (SSSR count). The molecule has 2 N–H and O–H groups in total. The van der Waals surface area contributed by atoms with Crippen molar-refractivity contribution in [3.8, 4) is 5.75 Å². The van der Waals surface area contributed by atoms with Crippen molar-refractivity contribution in [2.24, 2.45) is 0 Å². The number of benzene rings is 2. The number of nitrogens with one attached hydrogen (secondary N) is 2. The minimum atomic E-state index is -0.246. The molecule has 1 unspecified atom stereocenters. The summed E-state index contributed by atoms with van der Waals surface area (Å²) in [6.45, 7) is 2.63. The van der Waals surface area contributed by atoms with Gasteiger partial charge in [-0.3, -0.25) is 4.79 Å².